The van der Waals surface area contributed by atoms with Gasteiger partial charge in [0, 0.05) is 33.1 Å². The maximum Gasteiger partial charge on any atom is 0.326 e. The van der Waals surface area contributed by atoms with Crippen molar-refractivity contribution in [3.05, 3.63) is 32.7 Å². The Morgan fingerprint density at radius 2 is 2.08 bits per heavy atom. The molecule has 142 valence electrons. The number of carbonyl (C=O) groups excluding carboxylic acids is 1. The van der Waals surface area contributed by atoms with Crippen molar-refractivity contribution in [3.8, 4) is 0 Å². The van der Waals surface area contributed by atoms with Crippen LogP contribution in [0.2, 0.25) is 0 Å². The number of hydrogen-bond donors (Lipinski definition) is 3. The average molecular weight is 365 g/mol. The molecule has 0 aliphatic heterocycles. The minimum atomic E-state index is -1.16. The Kier molecular flexibility index (Phi) is 5.36. The quantitative estimate of drug-likeness (QED) is 0.493. The second kappa shape index (κ2) is 7.16. The number of nitrogens with zero attached hydrogens (tertiary/aromatic N) is 3. The Labute approximate surface area is 149 Å². The third-order valence-corrected chi connectivity index (χ3v) is 3.79. The van der Waals surface area contributed by atoms with Crippen molar-refractivity contribution in [1.29, 1.82) is 0 Å². The summed E-state index contributed by atoms with van der Waals surface area (Å²) in [4.78, 5) is 38.7. The van der Waals surface area contributed by atoms with Crippen LogP contribution in [0.25, 0.3) is 11.0 Å². The predicted octanol–water partition coefficient (Wildman–Crippen LogP) is 0.899. The van der Waals surface area contributed by atoms with E-state index in [2.05, 4.69) is 10.3 Å². The molecular weight excluding hydrogens is 342 g/mol. The largest absolute Gasteiger partial charge is 0.389 e. The highest BCUT2D eigenvalue weighted by molar-refractivity contribution is 5.85. The van der Waals surface area contributed by atoms with E-state index in [9.17, 15) is 24.8 Å². The normalized spacial score (nSPS) is 11.6. The molecular formula is C16H23N5O5. The van der Waals surface area contributed by atoms with Crippen LogP contribution in [0.5, 0.6) is 0 Å². The first-order chi connectivity index (χ1) is 12.0. The topological polar surface area (TPSA) is 134 Å². The van der Waals surface area contributed by atoms with Gasteiger partial charge in [-0.25, -0.2) is 4.79 Å². The second-order valence-corrected chi connectivity index (χ2v) is 6.94. The van der Waals surface area contributed by atoms with E-state index in [4.69, 9.17) is 0 Å². The van der Waals surface area contributed by atoms with Crippen LogP contribution >= 0.6 is 0 Å². The van der Waals surface area contributed by atoms with Gasteiger partial charge in [-0.1, -0.05) is 0 Å². The summed E-state index contributed by atoms with van der Waals surface area (Å²) < 4.78 is 1.27. The van der Waals surface area contributed by atoms with Gasteiger partial charge in [-0.05, 0) is 19.9 Å². The Hall–Kier alpha value is -2.88. The molecule has 1 aromatic heterocycles. The fraction of sp³-hybridized carbons (Fsp3) is 0.500. The van der Waals surface area contributed by atoms with Crippen LogP contribution in [-0.4, -0.2) is 56.6 Å². The fourth-order valence-electron chi connectivity index (χ4n) is 2.56. The minimum Gasteiger partial charge on any atom is -0.389 e. The number of hydrogen-bond acceptors (Lipinski definition) is 6. The minimum absolute atomic E-state index is 0.00685. The molecule has 10 heteroatoms. The Morgan fingerprint density at radius 1 is 1.42 bits per heavy atom. The number of aliphatic hydroxyl groups is 1. The van der Waals surface area contributed by atoms with Gasteiger partial charge in [0.05, 0.1) is 28.1 Å². The first kappa shape index (κ1) is 19.4. The number of H-pyrrole nitrogens is 1. The van der Waals surface area contributed by atoms with Crippen LogP contribution in [0.4, 0.5) is 11.4 Å². The molecule has 26 heavy (non-hydrogen) atoms. The zero-order chi connectivity index (χ0) is 19.6. The SMILES string of the molecule is CN(C)C(=O)CCNc1cc2[nH]c(=O)n(CC(C)(C)O)c2cc1[N+](=O)[O-]. The van der Waals surface area contributed by atoms with E-state index in [-0.39, 0.29) is 36.8 Å². The summed E-state index contributed by atoms with van der Waals surface area (Å²) in [6.45, 7) is 3.31. The molecule has 0 spiro atoms. The number of anilines is 1. The third-order valence-electron chi connectivity index (χ3n) is 3.79. The van der Waals surface area contributed by atoms with Gasteiger partial charge in [-0.15, -0.1) is 0 Å². The van der Waals surface area contributed by atoms with Gasteiger partial charge in [0.1, 0.15) is 5.69 Å². The number of nitro groups is 1. The third kappa shape index (κ3) is 4.39. The van der Waals surface area contributed by atoms with Gasteiger partial charge >= 0.3 is 5.69 Å². The van der Waals surface area contributed by atoms with Crippen molar-refractivity contribution in [1.82, 2.24) is 14.5 Å². The van der Waals surface area contributed by atoms with Crippen LogP contribution < -0.4 is 11.0 Å². The maximum atomic E-state index is 12.1. The van der Waals surface area contributed by atoms with E-state index in [1.807, 2.05) is 0 Å². The van der Waals surface area contributed by atoms with Crippen molar-refractivity contribution >= 4 is 28.3 Å². The van der Waals surface area contributed by atoms with Crippen molar-refractivity contribution in [2.75, 3.05) is 26.0 Å². The molecule has 2 aromatic rings. The lowest BCUT2D eigenvalue weighted by Gasteiger charge is -2.17. The van der Waals surface area contributed by atoms with E-state index in [1.165, 1.54) is 21.6 Å². The lowest BCUT2D eigenvalue weighted by molar-refractivity contribution is -0.383. The number of nitro benzene ring substituents is 1. The number of imidazole rings is 1. The van der Waals surface area contributed by atoms with E-state index in [0.29, 0.717) is 11.0 Å². The molecule has 1 aromatic carbocycles. The van der Waals surface area contributed by atoms with Crippen molar-refractivity contribution < 1.29 is 14.8 Å². The highest BCUT2D eigenvalue weighted by atomic mass is 16.6. The average Bonchev–Trinajstić information content (AvgIpc) is 2.79. The smallest absolute Gasteiger partial charge is 0.326 e. The number of fused-ring (bicyclic) bond motifs is 1. The monoisotopic (exact) mass is 365 g/mol. The molecule has 10 nitrogen and oxygen atoms in total. The predicted molar refractivity (Wildman–Crippen MR) is 97.3 cm³/mol. The first-order valence-electron chi connectivity index (χ1n) is 8.07. The molecule has 0 fully saturated rings. The number of aromatic nitrogens is 2. The maximum absolute atomic E-state index is 12.1. The first-order valence-corrected chi connectivity index (χ1v) is 8.07. The molecule has 0 aliphatic rings. The van der Waals surface area contributed by atoms with E-state index >= 15 is 0 Å². The number of aromatic amines is 1. The number of nitrogens with one attached hydrogen (secondary N) is 2. The molecule has 1 heterocycles. The summed E-state index contributed by atoms with van der Waals surface area (Å²) >= 11 is 0. The Morgan fingerprint density at radius 3 is 2.62 bits per heavy atom. The molecule has 0 aliphatic carbocycles. The van der Waals surface area contributed by atoms with Gasteiger partial charge in [-0.2, -0.15) is 0 Å². The molecule has 0 saturated heterocycles. The van der Waals surface area contributed by atoms with Crippen LogP contribution in [-0.2, 0) is 11.3 Å². The molecule has 0 radical (unpaired) electrons. The summed E-state index contributed by atoms with van der Waals surface area (Å²) in [6.07, 6.45) is 0.179. The standard InChI is InChI=1S/C16H23N5O5/c1-16(2,24)9-20-12-8-13(21(25)26)10(7-11(12)18-15(20)23)17-6-5-14(22)19(3)4/h7-8,17,24H,5-6,9H2,1-4H3,(H,18,23). The Bertz CT molecular complexity index is 891. The summed E-state index contributed by atoms with van der Waals surface area (Å²) in [7, 11) is 3.26. The molecule has 0 bridgehead atoms. The van der Waals surface area contributed by atoms with Crippen LogP contribution in [0.3, 0.4) is 0 Å². The van der Waals surface area contributed by atoms with Crippen LogP contribution in [0, 0.1) is 10.1 Å². The van der Waals surface area contributed by atoms with Crippen LogP contribution in [0.1, 0.15) is 20.3 Å². The van der Waals surface area contributed by atoms with Gasteiger partial charge in [-0.3, -0.25) is 19.5 Å². The zero-order valence-corrected chi connectivity index (χ0v) is 15.2. The summed E-state index contributed by atoms with van der Waals surface area (Å²) in [5, 5.41) is 24.3. The van der Waals surface area contributed by atoms with Crippen molar-refractivity contribution in [3.63, 3.8) is 0 Å². The van der Waals surface area contributed by atoms with E-state index < -0.39 is 16.2 Å². The van der Waals surface area contributed by atoms with E-state index in [1.54, 1.807) is 27.9 Å². The zero-order valence-electron chi connectivity index (χ0n) is 15.2. The van der Waals surface area contributed by atoms with Gasteiger partial charge in [0.25, 0.3) is 5.69 Å². The number of amides is 1. The van der Waals surface area contributed by atoms with Crippen molar-refractivity contribution in [2.45, 2.75) is 32.4 Å². The highest BCUT2D eigenvalue weighted by Crippen LogP contribution is 2.29. The summed E-state index contributed by atoms with van der Waals surface area (Å²) in [6, 6.07) is 2.75. The number of carbonyl (C=O) groups is 1. The highest BCUT2D eigenvalue weighted by Gasteiger charge is 2.22. The number of rotatable bonds is 7. The Balaban J connectivity index is 2.40. The molecule has 3 N–H and O–H groups in total. The lowest BCUT2D eigenvalue weighted by Crippen LogP contribution is -2.31. The molecule has 2 rings (SSSR count). The lowest BCUT2D eigenvalue weighted by atomic mass is 10.1. The molecule has 0 saturated carbocycles. The molecule has 0 atom stereocenters. The van der Waals surface area contributed by atoms with Gasteiger partial charge in [0.15, 0.2) is 0 Å². The summed E-state index contributed by atoms with van der Waals surface area (Å²) in [5.41, 5.74) is -0.873. The number of benzene rings is 1. The van der Waals surface area contributed by atoms with Crippen molar-refractivity contribution in [2.24, 2.45) is 0 Å². The fourth-order valence-corrected chi connectivity index (χ4v) is 2.56. The van der Waals surface area contributed by atoms with Gasteiger partial charge in [0.2, 0.25) is 5.91 Å². The molecule has 1 amide bonds. The van der Waals surface area contributed by atoms with E-state index in [0.717, 1.165) is 0 Å². The van der Waals surface area contributed by atoms with Gasteiger partial charge < -0.3 is 20.3 Å². The summed E-state index contributed by atoms with van der Waals surface area (Å²) in [5.74, 6) is -0.106. The second-order valence-electron chi connectivity index (χ2n) is 6.94. The molecule has 0 unspecified atom stereocenters. The van der Waals surface area contributed by atoms with Crippen LogP contribution in [0.15, 0.2) is 16.9 Å².